The van der Waals surface area contributed by atoms with Crippen LogP contribution in [0.3, 0.4) is 0 Å². The highest BCUT2D eigenvalue weighted by Crippen LogP contribution is 2.44. The van der Waals surface area contributed by atoms with E-state index >= 15 is 0 Å². The molecule has 3 heteroatoms. The first-order chi connectivity index (χ1) is 14.0. The van der Waals surface area contributed by atoms with E-state index in [4.69, 9.17) is 9.72 Å². The Balaban J connectivity index is 1.92. The minimum atomic E-state index is -0.513. The van der Waals surface area contributed by atoms with E-state index in [0.717, 1.165) is 33.8 Å². The van der Waals surface area contributed by atoms with Crippen LogP contribution in [0.1, 0.15) is 33.3 Å². The Hall–Kier alpha value is -3.20. The summed E-state index contributed by atoms with van der Waals surface area (Å²) >= 11 is 0. The summed E-state index contributed by atoms with van der Waals surface area (Å²) in [6.45, 7) is 8.52. The largest absolute Gasteiger partial charge is 0.487 e. The van der Waals surface area contributed by atoms with E-state index in [1.54, 1.807) is 12.4 Å². The predicted octanol–water partition coefficient (Wildman–Crippen LogP) is 6.54. The third-order valence-corrected chi connectivity index (χ3v) is 5.65. The second-order valence-electron chi connectivity index (χ2n) is 7.83. The summed E-state index contributed by atoms with van der Waals surface area (Å²) in [6.07, 6.45) is 7.89. The second kappa shape index (κ2) is 7.67. The molecule has 146 valence electrons. The molecule has 2 unspecified atom stereocenters. The van der Waals surface area contributed by atoms with Crippen LogP contribution in [0.25, 0.3) is 22.5 Å². The first-order valence-corrected chi connectivity index (χ1v) is 10.0. The fraction of sp³-hybridized carbons (Fsp3) is 0.231. The molecule has 3 aromatic rings. The highest BCUT2D eigenvalue weighted by Gasteiger charge is 2.38. The molecule has 2 heterocycles. The quantitative estimate of drug-likeness (QED) is 0.516. The van der Waals surface area contributed by atoms with Gasteiger partial charge in [-0.05, 0) is 26.8 Å². The summed E-state index contributed by atoms with van der Waals surface area (Å²) in [4.78, 5) is 9.42. The Kier molecular flexibility index (Phi) is 5.06. The van der Waals surface area contributed by atoms with Crippen LogP contribution in [0.5, 0.6) is 0 Å². The topological polar surface area (TPSA) is 35.0 Å². The van der Waals surface area contributed by atoms with E-state index in [-0.39, 0.29) is 5.92 Å². The number of hydrogen-bond acceptors (Lipinski definition) is 3. The first kappa shape index (κ1) is 19.1. The molecule has 0 N–H and O–H groups in total. The third-order valence-electron chi connectivity index (χ3n) is 5.65. The van der Waals surface area contributed by atoms with Crippen LogP contribution in [0, 0.1) is 5.92 Å². The van der Waals surface area contributed by atoms with Crippen molar-refractivity contribution in [2.24, 2.45) is 5.92 Å². The maximum atomic E-state index is 6.54. The Bertz CT molecular complexity index is 1080. The van der Waals surface area contributed by atoms with Gasteiger partial charge in [0.25, 0.3) is 0 Å². The van der Waals surface area contributed by atoms with Crippen LogP contribution in [-0.4, -0.2) is 9.97 Å². The molecule has 0 amide bonds. The van der Waals surface area contributed by atoms with Gasteiger partial charge in [0.15, 0.2) is 0 Å². The second-order valence-corrected chi connectivity index (χ2v) is 7.83. The van der Waals surface area contributed by atoms with E-state index in [2.05, 4.69) is 74.3 Å². The summed E-state index contributed by atoms with van der Waals surface area (Å²) in [5.74, 6) is 1.11. The average Bonchev–Trinajstić information content (AvgIpc) is 2.83. The van der Waals surface area contributed by atoms with Crippen molar-refractivity contribution >= 4 is 0 Å². The maximum absolute atomic E-state index is 6.54. The molecular formula is C26H26N2O. The maximum Gasteiger partial charge on any atom is 0.137 e. The molecular weight excluding hydrogens is 356 g/mol. The fourth-order valence-electron chi connectivity index (χ4n) is 4.14. The molecule has 0 radical (unpaired) electrons. The molecule has 0 fully saturated rings. The van der Waals surface area contributed by atoms with Gasteiger partial charge in [0.2, 0.25) is 0 Å². The zero-order valence-corrected chi connectivity index (χ0v) is 17.4. The highest BCUT2D eigenvalue weighted by atomic mass is 16.5. The van der Waals surface area contributed by atoms with E-state index in [1.807, 2.05) is 25.1 Å². The zero-order valence-electron chi connectivity index (χ0n) is 17.4. The summed E-state index contributed by atoms with van der Waals surface area (Å²) in [7, 11) is 0. The molecule has 3 nitrogen and oxygen atoms in total. The van der Waals surface area contributed by atoms with Crippen molar-refractivity contribution in [3.05, 3.63) is 96.0 Å². The van der Waals surface area contributed by atoms with Gasteiger partial charge in [-0.25, -0.2) is 0 Å². The van der Waals surface area contributed by atoms with Gasteiger partial charge in [-0.3, -0.25) is 9.97 Å². The Morgan fingerprint density at radius 1 is 0.862 bits per heavy atom. The van der Waals surface area contributed by atoms with Gasteiger partial charge in [-0.15, -0.1) is 0 Å². The first-order valence-electron chi connectivity index (χ1n) is 10.0. The average molecular weight is 383 g/mol. The monoisotopic (exact) mass is 382 g/mol. The van der Waals surface area contributed by atoms with Crippen LogP contribution in [0.4, 0.5) is 0 Å². The fourth-order valence-corrected chi connectivity index (χ4v) is 4.14. The van der Waals surface area contributed by atoms with Crippen molar-refractivity contribution in [1.29, 1.82) is 0 Å². The van der Waals surface area contributed by atoms with Gasteiger partial charge in [0.05, 0.1) is 17.1 Å². The van der Waals surface area contributed by atoms with Gasteiger partial charge in [-0.1, -0.05) is 73.2 Å². The predicted molar refractivity (Wildman–Crippen MR) is 118 cm³/mol. The summed E-state index contributed by atoms with van der Waals surface area (Å²) < 4.78 is 6.54. The zero-order chi connectivity index (χ0) is 20.4. The third kappa shape index (κ3) is 3.61. The lowest BCUT2D eigenvalue weighted by molar-refractivity contribution is -0.0137. The smallest absolute Gasteiger partial charge is 0.137 e. The van der Waals surface area contributed by atoms with Crippen molar-refractivity contribution in [1.82, 2.24) is 9.97 Å². The summed E-state index contributed by atoms with van der Waals surface area (Å²) in [5.41, 5.74) is 5.68. The number of hydrogen-bond donors (Lipinski definition) is 0. The van der Waals surface area contributed by atoms with Crippen molar-refractivity contribution in [2.45, 2.75) is 33.3 Å². The molecule has 0 spiro atoms. The van der Waals surface area contributed by atoms with Crippen molar-refractivity contribution in [2.75, 3.05) is 0 Å². The number of rotatable bonds is 3. The van der Waals surface area contributed by atoms with Crippen LogP contribution < -0.4 is 0 Å². The summed E-state index contributed by atoms with van der Waals surface area (Å²) in [6, 6.07) is 18.6. The molecule has 2 atom stereocenters. The van der Waals surface area contributed by atoms with Crippen molar-refractivity contribution in [3.63, 3.8) is 0 Å². The van der Waals surface area contributed by atoms with Gasteiger partial charge in [0.1, 0.15) is 5.60 Å². The standard InChI is InChI=1S/C26H26N2O/c1-18-16-19(2)26(4,29-20(3)17-18)23-13-9-8-12-22(23)25-24(27-14-15-28-25)21-10-6-5-7-11-21/h5-17,19H,1-4H3. The molecule has 0 bridgehead atoms. The summed E-state index contributed by atoms with van der Waals surface area (Å²) in [5, 5.41) is 0. The molecule has 2 aromatic carbocycles. The lowest BCUT2D eigenvalue weighted by atomic mass is 9.79. The van der Waals surface area contributed by atoms with Crippen LogP contribution in [0.2, 0.25) is 0 Å². The van der Waals surface area contributed by atoms with E-state index in [0.29, 0.717) is 0 Å². The van der Waals surface area contributed by atoms with Gasteiger partial charge in [-0.2, -0.15) is 0 Å². The molecule has 0 aliphatic carbocycles. The number of aromatic nitrogens is 2. The number of allylic oxidation sites excluding steroid dienone is 3. The van der Waals surface area contributed by atoms with Gasteiger partial charge < -0.3 is 4.74 Å². The number of ether oxygens (including phenoxy) is 1. The molecule has 1 aromatic heterocycles. The van der Waals surface area contributed by atoms with Crippen molar-refractivity contribution < 1.29 is 4.74 Å². The lowest BCUT2D eigenvalue weighted by Crippen LogP contribution is -2.32. The highest BCUT2D eigenvalue weighted by molar-refractivity contribution is 5.79. The van der Waals surface area contributed by atoms with Crippen LogP contribution in [0.15, 0.2) is 90.5 Å². The molecule has 4 rings (SSSR count). The van der Waals surface area contributed by atoms with Gasteiger partial charge >= 0.3 is 0 Å². The number of nitrogens with zero attached hydrogens (tertiary/aromatic N) is 2. The van der Waals surface area contributed by atoms with Crippen molar-refractivity contribution in [3.8, 4) is 22.5 Å². The Labute approximate surface area is 172 Å². The van der Waals surface area contributed by atoms with Crippen LogP contribution >= 0.6 is 0 Å². The van der Waals surface area contributed by atoms with Gasteiger partial charge in [0, 0.05) is 35.0 Å². The SMILES string of the molecule is CC1=CC(C)C(C)(c2ccccc2-c2nccnc2-c2ccccc2)OC(C)=C1. The number of benzene rings is 2. The normalized spacial score (nSPS) is 21.6. The lowest BCUT2D eigenvalue weighted by Gasteiger charge is -2.36. The Morgan fingerprint density at radius 2 is 1.52 bits per heavy atom. The minimum Gasteiger partial charge on any atom is -0.487 e. The molecule has 0 saturated heterocycles. The molecule has 0 saturated carbocycles. The minimum absolute atomic E-state index is 0.189. The van der Waals surface area contributed by atoms with E-state index in [9.17, 15) is 0 Å². The molecule has 1 aliphatic heterocycles. The van der Waals surface area contributed by atoms with Crippen LogP contribution in [-0.2, 0) is 10.3 Å². The van der Waals surface area contributed by atoms with E-state index < -0.39 is 5.60 Å². The van der Waals surface area contributed by atoms with E-state index in [1.165, 1.54) is 5.57 Å². The Morgan fingerprint density at radius 3 is 2.28 bits per heavy atom. The molecule has 1 aliphatic rings. The molecule has 29 heavy (non-hydrogen) atoms.